The van der Waals surface area contributed by atoms with Crippen LogP contribution in [0, 0.1) is 11.3 Å². The van der Waals surface area contributed by atoms with Gasteiger partial charge in [0, 0.05) is 12.3 Å². The standard InChI is InChI=1S/C23H23N3O2/c1-4-17-11-8-12-18(14-24)19(17)15(2)20-21(27)26-23(3,22(28)25-20)13-16-9-6-5-7-10-16/h4-12,15,20H,1,13H2,2-3H3,(H,25,28)(H,26,27). The molecule has 1 aliphatic rings. The number of hydrogen-bond donors (Lipinski definition) is 2. The van der Waals surface area contributed by atoms with E-state index in [1.807, 2.05) is 43.3 Å². The average molecular weight is 373 g/mol. The Morgan fingerprint density at radius 3 is 2.57 bits per heavy atom. The molecule has 2 aromatic carbocycles. The summed E-state index contributed by atoms with van der Waals surface area (Å²) in [5.41, 5.74) is 1.92. The van der Waals surface area contributed by atoms with Crippen LogP contribution in [0.2, 0.25) is 0 Å². The van der Waals surface area contributed by atoms with Crippen molar-refractivity contribution in [2.24, 2.45) is 0 Å². The first kappa shape index (κ1) is 19.4. The van der Waals surface area contributed by atoms with Gasteiger partial charge in [-0.1, -0.05) is 62.0 Å². The maximum absolute atomic E-state index is 12.9. The summed E-state index contributed by atoms with van der Waals surface area (Å²) in [5, 5.41) is 15.3. The molecule has 2 N–H and O–H groups in total. The lowest BCUT2D eigenvalue weighted by Gasteiger charge is -2.40. The summed E-state index contributed by atoms with van der Waals surface area (Å²) >= 11 is 0. The van der Waals surface area contributed by atoms with E-state index in [2.05, 4.69) is 23.3 Å². The van der Waals surface area contributed by atoms with Gasteiger partial charge >= 0.3 is 0 Å². The van der Waals surface area contributed by atoms with Gasteiger partial charge in [0.1, 0.15) is 11.6 Å². The zero-order chi connectivity index (χ0) is 20.3. The first-order valence-electron chi connectivity index (χ1n) is 9.22. The topological polar surface area (TPSA) is 82.0 Å². The van der Waals surface area contributed by atoms with Crippen molar-refractivity contribution in [3.05, 3.63) is 77.4 Å². The second-order valence-corrected chi connectivity index (χ2v) is 7.35. The molecule has 2 aromatic rings. The van der Waals surface area contributed by atoms with E-state index in [9.17, 15) is 14.9 Å². The summed E-state index contributed by atoms with van der Waals surface area (Å²) < 4.78 is 0. The number of carbonyl (C=O) groups excluding carboxylic acids is 2. The summed E-state index contributed by atoms with van der Waals surface area (Å²) in [6.45, 7) is 7.37. The molecule has 3 rings (SSSR count). The zero-order valence-electron chi connectivity index (χ0n) is 16.0. The number of amides is 2. The maximum atomic E-state index is 12.9. The van der Waals surface area contributed by atoms with Crippen LogP contribution in [-0.2, 0) is 16.0 Å². The van der Waals surface area contributed by atoms with Gasteiger partial charge < -0.3 is 10.6 Å². The Labute approximate surface area is 165 Å². The molecule has 0 aliphatic carbocycles. The molecule has 0 radical (unpaired) electrons. The predicted molar refractivity (Wildman–Crippen MR) is 108 cm³/mol. The second kappa shape index (κ2) is 7.69. The van der Waals surface area contributed by atoms with Gasteiger partial charge in [-0.3, -0.25) is 9.59 Å². The van der Waals surface area contributed by atoms with Crippen LogP contribution >= 0.6 is 0 Å². The summed E-state index contributed by atoms with van der Waals surface area (Å²) in [6, 6.07) is 16.3. The van der Waals surface area contributed by atoms with E-state index in [1.54, 1.807) is 25.1 Å². The van der Waals surface area contributed by atoms with Crippen molar-refractivity contribution in [3.63, 3.8) is 0 Å². The number of hydrogen-bond acceptors (Lipinski definition) is 3. The molecule has 3 atom stereocenters. The minimum atomic E-state index is -1.02. The van der Waals surface area contributed by atoms with E-state index in [4.69, 9.17) is 0 Å². The third-order valence-electron chi connectivity index (χ3n) is 5.31. The first-order chi connectivity index (χ1) is 13.4. The maximum Gasteiger partial charge on any atom is 0.246 e. The summed E-state index contributed by atoms with van der Waals surface area (Å²) in [6.07, 6.45) is 2.06. The Balaban J connectivity index is 1.87. The van der Waals surface area contributed by atoms with E-state index in [0.29, 0.717) is 17.5 Å². The monoisotopic (exact) mass is 373 g/mol. The summed E-state index contributed by atoms with van der Waals surface area (Å²) in [7, 11) is 0. The lowest BCUT2D eigenvalue weighted by Crippen LogP contribution is -2.69. The van der Waals surface area contributed by atoms with Crippen molar-refractivity contribution in [1.29, 1.82) is 5.26 Å². The van der Waals surface area contributed by atoms with Crippen LogP contribution in [-0.4, -0.2) is 23.4 Å². The SMILES string of the molecule is C=Cc1cccc(C#N)c1C(C)C1NC(=O)C(C)(Cc2ccccc2)NC1=O. The predicted octanol–water partition coefficient (Wildman–Crippen LogP) is 2.92. The Morgan fingerprint density at radius 2 is 1.93 bits per heavy atom. The number of benzene rings is 2. The molecule has 28 heavy (non-hydrogen) atoms. The van der Waals surface area contributed by atoms with Gasteiger partial charge in [0.05, 0.1) is 11.6 Å². The molecule has 5 heteroatoms. The van der Waals surface area contributed by atoms with E-state index >= 15 is 0 Å². The van der Waals surface area contributed by atoms with Crippen LogP contribution in [0.15, 0.2) is 55.1 Å². The summed E-state index contributed by atoms with van der Waals surface area (Å²) in [5.74, 6) is -0.871. The zero-order valence-corrected chi connectivity index (χ0v) is 16.0. The van der Waals surface area contributed by atoms with Crippen LogP contribution in [0.1, 0.15) is 42.0 Å². The molecule has 3 unspecified atom stereocenters. The van der Waals surface area contributed by atoms with Crippen LogP contribution in [0.4, 0.5) is 0 Å². The average Bonchev–Trinajstić information content (AvgIpc) is 2.70. The number of piperazine rings is 1. The Morgan fingerprint density at radius 1 is 1.21 bits per heavy atom. The highest BCUT2D eigenvalue weighted by molar-refractivity contribution is 6.00. The van der Waals surface area contributed by atoms with Crippen molar-refractivity contribution in [1.82, 2.24) is 10.6 Å². The molecule has 1 fully saturated rings. The van der Waals surface area contributed by atoms with Crippen LogP contribution in [0.25, 0.3) is 6.08 Å². The molecule has 5 nitrogen and oxygen atoms in total. The highest BCUT2D eigenvalue weighted by Gasteiger charge is 2.45. The number of nitrogens with zero attached hydrogens (tertiary/aromatic N) is 1. The lowest BCUT2D eigenvalue weighted by molar-refractivity contribution is -0.141. The molecular weight excluding hydrogens is 350 g/mol. The molecular formula is C23H23N3O2. The lowest BCUT2D eigenvalue weighted by atomic mass is 9.82. The number of nitrogens with one attached hydrogen (secondary N) is 2. The molecule has 1 saturated heterocycles. The Bertz CT molecular complexity index is 962. The molecule has 0 aromatic heterocycles. The first-order valence-corrected chi connectivity index (χ1v) is 9.22. The van der Waals surface area contributed by atoms with Crippen molar-refractivity contribution in [3.8, 4) is 6.07 Å². The van der Waals surface area contributed by atoms with Crippen molar-refractivity contribution in [2.75, 3.05) is 0 Å². The van der Waals surface area contributed by atoms with Crippen LogP contribution in [0.5, 0.6) is 0 Å². The van der Waals surface area contributed by atoms with Gasteiger partial charge in [0.15, 0.2) is 0 Å². The minimum absolute atomic E-state index is 0.234. The second-order valence-electron chi connectivity index (χ2n) is 7.35. The molecule has 2 amide bonds. The molecule has 142 valence electrons. The largest absolute Gasteiger partial charge is 0.342 e. The quantitative estimate of drug-likeness (QED) is 0.845. The fourth-order valence-electron chi connectivity index (χ4n) is 3.79. The van der Waals surface area contributed by atoms with Crippen molar-refractivity contribution >= 4 is 17.9 Å². The van der Waals surface area contributed by atoms with E-state index in [1.165, 1.54) is 0 Å². The molecule has 1 heterocycles. The van der Waals surface area contributed by atoms with Gasteiger partial charge in [-0.25, -0.2) is 0 Å². The van der Waals surface area contributed by atoms with Gasteiger partial charge in [-0.05, 0) is 29.7 Å². The van der Waals surface area contributed by atoms with Crippen LogP contribution < -0.4 is 10.6 Å². The van der Waals surface area contributed by atoms with Crippen molar-refractivity contribution in [2.45, 2.75) is 37.8 Å². The Kier molecular flexibility index (Phi) is 5.32. The number of nitriles is 1. The normalized spacial score (nSPS) is 22.5. The van der Waals surface area contributed by atoms with Gasteiger partial charge in [-0.2, -0.15) is 5.26 Å². The molecule has 0 saturated carbocycles. The highest BCUT2D eigenvalue weighted by Crippen LogP contribution is 2.30. The Hall–Kier alpha value is -3.39. The fraction of sp³-hybridized carbons (Fsp3) is 0.261. The van der Waals surface area contributed by atoms with Gasteiger partial charge in [0.25, 0.3) is 0 Å². The van der Waals surface area contributed by atoms with E-state index in [-0.39, 0.29) is 17.7 Å². The van der Waals surface area contributed by atoms with E-state index in [0.717, 1.165) is 11.1 Å². The smallest absolute Gasteiger partial charge is 0.246 e. The summed E-state index contributed by atoms with van der Waals surface area (Å²) in [4.78, 5) is 25.8. The van der Waals surface area contributed by atoms with Gasteiger partial charge in [0.2, 0.25) is 11.8 Å². The molecule has 0 bridgehead atoms. The van der Waals surface area contributed by atoms with Crippen molar-refractivity contribution < 1.29 is 9.59 Å². The van der Waals surface area contributed by atoms with Gasteiger partial charge in [-0.15, -0.1) is 0 Å². The highest BCUT2D eigenvalue weighted by atomic mass is 16.2. The van der Waals surface area contributed by atoms with Crippen LogP contribution in [0.3, 0.4) is 0 Å². The third-order valence-corrected chi connectivity index (χ3v) is 5.31. The minimum Gasteiger partial charge on any atom is -0.342 e. The number of rotatable bonds is 5. The fourth-order valence-corrected chi connectivity index (χ4v) is 3.79. The molecule has 0 spiro atoms. The van der Waals surface area contributed by atoms with E-state index < -0.39 is 11.6 Å². The number of carbonyl (C=O) groups is 2. The molecule has 1 aliphatic heterocycles. The third kappa shape index (κ3) is 3.54.